The lowest BCUT2D eigenvalue weighted by molar-refractivity contribution is -0.119. The number of nitrogens with zero attached hydrogens (tertiary/aromatic N) is 1. The van der Waals surface area contributed by atoms with Gasteiger partial charge in [0.1, 0.15) is 5.82 Å². The van der Waals surface area contributed by atoms with E-state index in [2.05, 4.69) is 0 Å². The van der Waals surface area contributed by atoms with E-state index in [-0.39, 0.29) is 5.69 Å². The number of anilines is 1. The molecule has 0 saturated heterocycles. The van der Waals surface area contributed by atoms with E-state index in [9.17, 15) is 14.0 Å². The number of imide groups is 1. The van der Waals surface area contributed by atoms with Crippen LogP contribution >= 0.6 is 11.8 Å². The van der Waals surface area contributed by atoms with E-state index in [0.29, 0.717) is 21.8 Å². The van der Waals surface area contributed by atoms with E-state index < -0.39 is 17.6 Å². The van der Waals surface area contributed by atoms with Gasteiger partial charge in [0.15, 0.2) is 0 Å². The van der Waals surface area contributed by atoms with Gasteiger partial charge in [-0.25, -0.2) is 9.29 Å². The summed E-state index contributed by atoms with van der Waals surface area (Å²) in [6.07, 6.45) is 0. The Balaban J connectivity index is 1.76. The Kier molecular flexibility index (Phi) is 5.32. The molecule has 3 aromatic carbocycles. The van der Waals surface area contributed by atoms with Crippen molar-refractivity contribution < 1.29 is 14.0 Å². The summed E-state index contributed by atoms with van der Waals surface area (Å²) in [6.45, 7) is 1.95. The molecule has 0 aliphatic carbocycles. The summed E-state index contributed by atoms with van der Waals surface area (Å²) in [5.74, 6) is -1.06. The highest BCUT2D eigenvalue weighted by Crippen LogP contribution is 2.40. The Bertz CT molecular complexity index is 1110. The zero-order chi connectivity index (χ0) is 20.4. The third kappa shape index (κ3) is 3.74. The van der Waals surface area contributed by atoms with Crippen molar-refractivity contribution in [3.63, 3.8) is 0 Å². The molecule has 0 N–H and O–H groups in total. The van der Waals surface area contributed by atoms with E-state index in [0.717, 1.165) is 16.0 Å². The maximum absolute atomic E-state index is 14.4. The number of thioether (sulfide) groups is 1. The minimum Gasteiger partial charge on any atom is -0.268 e. The van der Waals surface area contributed by atoms with E-state index in [1.54, 1.807) is 6.07 Å². The van der Waals surface area contributed by atoms with Gasteiger partial charge in [-0.15, -0.1) is 11.8 Å². The number of aryl methyl sites for hydroxylation is 1. The molecular formula is C24H18FNO2S. The second-order valence-electron chi connectivity index (χ2n) is 6.74. The number of carbonyl (C=O) groups excluding carboxylic acids is 2. The summed E-state index contributed by atoms with van der Waals surface area (Å²) in [7, 11) is 0. The van der Waals surface area contributed by atoms with Crippen LogP contribution in [0.3, 0.4) is 0 Å². The van der Waals surface area contributed by atoms with Crippen LogP contribution in [0.4, 0.5) is 10.1 Å². The van der Waals surface area contributed by atoms with E-state index in [1.807, 2.05) is 61.5 Å². The van der Waals surface area contributed by atoms with Crippen molar-refractivity contribution in [1.29, 1.82) is 0 Å². The van der Waals surface area contributed by atoms with E-state index in [4.69, 9.17) is 0 Å². The second kappa shape index (κ2) is 8.05. The summed E-state index contributed by atoms with van der Waals surface area (Å²) in [4.78, 5) is 27.7. The average molecular weight is 403 g/mol. The summed E-state index contributed by atoms with van der Waals surface area (Å²) < 4.78 is 14.4. The van der Waals surface area contributed by atoms with Crippen LogP contribution < -0.4 is 4.90 Å². The maximum Gasteiger partial charge on any atom is 0.272 e. The van der Waals surface area contributed by atoms with Crippen molar-refractivity contribution >= 4 is 34.8 Å². The van der Waals surface area contributed by atoms with Gasteiger partial charge in [0.25, 0.3) is 11.8 Å². The van der Waals surface area contributed by atoms with Crippen molar-refractivity contribution in [2.24, 2.45) is 0 Å². The zero-order valence-corrected chi connectivity index (χ0v) is 16.6. The third-order valence-corrected chi connectivity index (χ3v) is 5.85. The standard InChI is InChI=1S/C24H18FNO2S/c1-16-11-13-18(14-12-16)21-22(29-15-17-7-3-2-4-8-17)24(28)26(23(21)27)20-10-6-5-9-19(20)25/h2-14H,15H2,1H3. The van der Waals surface area contributed by atoms with Crippen molar-refractivity contribution in [3.05, 3.63) is 106 Å². The Morgan fingerprint density at radius 2 is 1.48 bits per heavy atom. The molecule has 1 aliphatic heterocycles. The van der Waals surface area contributed by atoms with Gasteiger partial charge in [-0.3, -0.25) is 9.59 Å². The molecule has 0 aromatic heterocycles. The van der Waals surface area contributed by atoms with Crippen molar-refractivity contribution in [1.82, 2.24) is 0 Å². The Hall–Kier alpha value is -3.18. The summed E-state index contributed by atoms with van der Waals surface area (Å²) in [6, 6.07) is 23.0. The minimum atomic E-state index is -0.605. The summed E-state index contributed by atoms with van der Waals surface area (Å²) in [5, 5.41) is 0. The lowest BCUT2D eigenvalue weighted by Gasteiger charge is -2.15. The molecule has 29 heavy (non-hydrogen) atoms. The van der Waals surface area contributed by atoms with Crippen molar-refractivity contribution in [2.75, 3.05) is 4.90 Å². The van der Waals surface area contributed by atoms with Crippen LogP contribution in [-0.4, -0.2) is 11.8 Å². The molecule has 0 unspecified atom stereocenters. The molecule has 0 spiro atoms. The highest BCUT2D eigenvalue weighted by atomic mass is 32.2. The molecule has 4 rings (SSSR count). The average Bonchev–Trinajstić information content (AvgIpc) is 2.98. The quantitative estimate of drug-likeness (QED) is 0.539. The summed E-state index contributed by atoms with van der Waals surface area (Å²) in [5.41, 5.74) is 3.04. The lowest BCUT2D eigenvalue weighted by Crippen LogP contribution is -2.32. The fourth-order valence-electron chi connectivity index (χ4n) is 3.20. The fraction of sp³-hybridized carbons (Fsp3) is 0.0833. The molecule has 3 aromatic rings. The molecule has 1 heterocycles. The van der Waals surface area contributed by atoms with Crippen LogP contribution in [0.2, 0.25) is 0 Å². The van der Waals surface area contributed by atoms with Crippen molar-refractivity contribution in [3.8, 4) is 0 Å². The minimum absolute atomic E-state index is 0.0255. The first-order valence-corrected chi connectivity index (χ1v) is 10.2. The molecule has 0 bridgehead atoms. The monoisotopic (exact) mass is 403 g/mol. The van der Waals surface area contributed by atoms with Crippen LogP contribution in [0.1, 0.15) is 16.7 Å². The number of para-hydroxylation sites is 1. The number of rotatable bonds is 5. The Morgan fingerprint density at radius 1 is 0.828 bits per heavy atom. The van der Waals surface area contributed by atoms with Gasteiger partial charge in [-0.05, 0) is 30.2 Å². The molecule has 3 nitrogen and oxygen atoms in total. The van der Waals surface area contributed by atoms with Crippen LogP contribution in [0.5, 0.6) is 0 Å². The van der Waals surface area contributed by atoms with E-state index >= 15 is 0 Å². The lowest BCUT2D eigenvalue weighted by atomic mass is 10.0. The third-order valence-electron chi connectivity index (χ3n) is 4.70. The van der Waals surface area contributed by atoms with Crippen molar-refractivity contribution in [2.45, 2.75) is 12.7 Å². The van der Waals surface area contributed by atoms with Gasteiger partial charge in [-0.2, -0.15) is 0 Å². The predicted octanol–water partition coefficient (Wildman–Crippen LogP) is 5.35. The number of halogens is 1. The largest absolute Gasteiger partial charge is 0.272 e. The van der Waals surface area contributed by atoms with Gasteiger partial charge in [0.05, 0.1) is 16.2 Å². The molecule has 0 atom stereocenters. The molecule has 1 aliphatic rings. The highest BCUT2D eigenvalue weighted by Gasteiger charge is 2.41. The smallest absolute Gasteiger partial charge is 0.268 e. The number of hydrogen-bond acceptors (Lipinski definition) is 3. The molecule has 5 heteroatoms. The number of amides is 2. The predicted molar refractivity (Wildman–Crippen MR) is 115 cm³/mol. The summed E-state index contributed by atoms with van der Waals surface area (Å²) >= 11 is 1.31. The Labute approximate surface area is 172 Å². The molecule has 144 valence electrons. The first-order chi connectivity index (χ1) is 14.1. The van der Waals surface area contributed by atoms with Gasteiger partial charge < -0.3 is 0 Å². The number of hydrogen-bond donors (Lipinski definition) is 0. The van der Waals surface area contributed by atoms with E-state index in [1.165, 1.54) is 30.0 Å². The molecular weight excluding hydrogens is 385 g/mol. The SMILES string of the molecule is Cc1ccc(C2=C(SCc3ccccc3)C(=O)N(c3ccccc3F)C2=O)cc1. The molecule has 0 fully saturated rings. The van der Waals surface area contributed by atoms with Gasteiger partial charge in [-0.1, -0.05) is 72.3 Å². The van der Waals surface area contributed by atoms with Gasteiger partial charge in [0.2, 0.25) is 0 Å². The molecule has 0 saturated carbocycles. The van der Waals surface area contributed by atoms with Gasteiger partial charge in [0, 0.05) is 5.75 Å². The van der Waals surface area contributed by atoms with Crippen LogP contribution in [0, 0.1) is 12.7 Å². The first kappa shape index (κ1) is 19.2. The number of carbonyl (C=O) groups is 2. The normalized spacial score (nSPS) is 14.1. The second-order valence-corrected chi connectivity index (χ2v) is 7.73. The van der Waals surface area contributed by atoms with Gasteiger partial charge >= 0.3 is 0 Å². The number of benzene rings is 3. The maximum atomic E-state index is 14.4. The first-order valence-electron chi connectivity index (χ1n) is 9.17. The van der Waals surface area contributed by atoms with Crippen LogP contribution in [-0.2, 0) is 15.3 Å². The zero-order valence-electron chi connectivity index (χ0n) is 15.8. The molecule has 2 amide bonds. The highest BCUT2D eigenvalue weighted by molar-refractivity contribution is 8.03. The topological polar surface area (TPSA) is 37.4 Å². The van der Waals surface area contributed by atoms with Crippen LogP contribution in [0.15, 0.2) is 83.8 Å². The molecule has 0 radical (unpaired) electrons. The van der Waals surface area contributed by atoms with Crippen LogP contribution in [0.25, 0.3) is 5.57 Å². The fourth-order valence-corrected chi connectivity index (χ4v) is 4.27. The Morgan fingerprint density at radius 3 is 2.17 bits per heavy atom.